The van der Waals surface area contributed by atoms with Crippen LogP contribution >= 0.6 is 0 Å². The lowest BCUT2D eigenvalue weighted by Gasteiger charge is -2.41. The second-order valence-electron chi connectivity index (χ2n) is 5.47. The molecule has 2 heterocycles. The summed E-state index contributed by atoms with van der Waals surface area (Å²) in [5.41, 5.74) is 1.59. The molecule has 1 fully saturated rings. The van der Waals surface area contributed by atoms with Crippen molar-refractivity contribution < 1.29 is 0 Å². The highest BCUT2D eigenvalue weighted by Gasteiger charge is 2.28. The van der Waals surface area contributed by atoms with Gasteiger partial charge in [-0.05, 0) is 46.2 Å². The third-order valence-corrected chi connectivity index (χ3v) is 3.33. The SMILES string of the molecule is CC(C)(C)N1CCCC(c2ccn[nH]2)C1. The molecule has 3 nitrogen and oxygen atoms in total. The maximum absolute atomic E-state index is 4.04. The van der Waals surface area contributed by atoms with Crippen LogP contribution in [0.3, 0.4) is 0 Å². The van der Waals surface area contributed by atoms with Gasteiger partial charge in [0.25, 0.3) is 0 Å². The zero-order valence-corrected chi connectivity index (χ0v) is 9.95. The average Bonchev–Trinajstić information content (AvgIpc) is 2.69. The molecule has 3 heteroatoms. The monoisotopic (exact) mass is 207 g/mol. The highest BCUT2D eigenvalue weighted by atomic mass is 15.2. The van der Waals surface area contributed by atoms with Crippen LogP contribution in [-0.4, -0.2) is 33.7 Å². The second kappa shape index (κ2) is 3.97. The minimum atomic E-state index is 0.290. The maximum Gasteiger partial charge on any atom is 0.0490 e. The first-order chi connectivity index (χ1) is 7.07. The van der Waals surface area contributed by atoms with E-state index < -0.39 is 0 Å². The van der Waals surface area contributed by atoms with E-state index in [0.29, 0.717) is 11.5 Å². The molecule has 1 aliphatic rings. The number of piperidine rings is 1. The van der Waals surface area contributed by atoms with Crippen LogP contribution in [0.25, 0.3) is 0 Å². The van der Waals surface area contributed by atoms with Crippen LogP contribution in [0, 0.1) is 0 Å². The van der Waals surface area contributed by atoms with Crippen LogP contribution in [0.1, 0.15) is 45.2 Å². The molecule has 0 aromatic carbocycles. The van der Waals surface area contributed by atoms with Crippen LogP contribution in [0.15, 0.2) is 12.3 Å². The lowest BCUT2D eigenvalue weighted by Crippen LogP contribution is -2.46. The predicted octanol–water partition coefficient (Wildman–Crippen LogP) is 2.39. The van der Waals surface area contributed by atoms with E-state index in [-0.39, 0.29) is 0 Å². The summed E-state index contributed by atoms with van der Waals surface area (Å²) < 4.78 is 0. The lowest BCUT2D eigenvalue weighted by molar-refractivity contribution is 0.0978. The minimum absolute atomic E-state index is 0.290. The summed E-state index contributed by atoms with van der Waals surface area (Å²) in [7, 11) is 0. The number of H-pyrrole nitrogens is 1. The Kier molecular flexibility index (Phi) is 2.83. The van der Waals surface area contributed by atoms with Crippen molar-refractivity contribution in [3.05, 3.63) is 18.0 Å². The summed E-state index contributed by atoms with van der Waals surface area (Å²) >= 11 is 0. The molecule has 0 spiro atoms. The Morgan fingerprint density at radius 1 is 1.47 bits per heavy atom. The van der Waals surface area contributed by atoms with Gasteiger partial charge in [-0.15, -0.1) is 0 Å². The van der Waals surface area contributed by atoms with Crippen LogP contribution in [0.2, 0.25) is 0 Å². The van der Waals surface area contributed by atoms with Crippen molar-refractivity contribution in [3.8, 4) is 0 Å². The largest absolute Gasteiger partial charge is 0.298 e. The van der Waals surface area contributed by atoms with Gasteiger partial charge in [0.2, 0.25) is 0 Å². The molecule has 0 bridgehead atoms. The first-order valence-corrected chi connectivity index (χ1v) is 5.82. The third-order valence-electron chi connectivity index (χ3n) is 3.33. The first kappa shape index (κ1) is 10.7. The molecule has 15 heavy (non-hydrogen) atoms. The molecule has 0 aliphatic carbocycles. The number of hydrogen-bond acceptors (Lipinski definition) is 2. The molecular weight excluding hydrogens is 186 g/mol. The van der Waals surface area contributed by atoms with Crippen molar-refractivity contribution in [2.45, 2.75) is 45.1 Å². The smallest absolute Gasteiger partial charge is 0.0490 e. The summed E-state index contributed by atoms with van der Waals surface area (Å²) in [6.45, 7) is 9.27. The van der Waals surface area contributed by atoms with Gasteiger partial charge in [-0.25, -0.2) is 0 Å². The summed E-state index contributed by atoms with van der Waals surface area (Å²) in [6, 6.07) is 2.11. The normalized spacial score (nSPS) is 24.3. The molecule has 1 atom stereocenters. The Morgan fingerprint density at radius 2 is 2.27 bits per heavy atom. The molecule has 1 aromatic heterocycles. The number of nitrogens with zero attached hydrogens (tertiary/aromatic N) is 2. The van der Waals surface area contributed by atoms with Gasteiger partial charge in [0.05, 0.1) is 0 Å². The summed E-state index contributed by atoms with van der Waals surface area (Å²) in [5.74, 6) is 0.639. The first-order valence-electron chi connectivity index (χ1n) is 5.82. The molecule has 2 rings (SSSR count). The fraction of sp³-hybridized carbons (Fsp3) is 0.750. The summed E-state index contributed by atoms with van der Waals surface area (Å²) in [6.07, 6.45) is 4.43. The van der Waals surface area contributed by atoms with Crippen LogP contribution < -0.4 is 0 Å². The van der Waals surface area contributed by atoms with Gasteiger partial charge in [0.15, 0.2) is 0 Å². The molecule has 1 unspecified atom stereocenters. The molecule has 1 aliphatic heterocycles. The Balaban J connectivity index is 2.05. The number of nitrogens with one attached hydrogen (secondary N) is 1. The fourth-order valence-electron chi connectivity index (χ4n) is 2.33. The van der Waals surface area contributed by atoms with Crippen LogP contribution in [0.5, 0.6) is 0 Å². The van der Waals surface area contributed by atoms with E-state index in [2.05, 4.69) is 41.9 Å². The third kappa shape index (κ3) is 2.40. The van der Waals surface area contributed by atoms with E-state index in [9.17, 15) is 0 Å². The van der Waals surface area contributed by atoms with E-state index in [4.69, 9.17) is 0 Å². The van der Waals surface area contributed by atoms with Gasteiger partial charge in [0.1, 0.15) is 0 Å². The van der Waals surface area contributed by atoms with Gasteiger partial charge in [0, 0.05) is 29.9 Å². The van der Waals surface area contributed by atoms with E-state index >= 15 is 0 Å². The van der Waals surface area contributed by atoms with Crippen molar-refractivity contribution >= 4 is 0 Å². The van der Waals surface area contributed by atoms with E-state index in [1.165, 1.54) is 25.1 Å². The number of likely N-dealkylation sites (tertiary alicyclic amines) is 1. The number of hydrogen-bond donors (Lipinski definition) is 1. The van der Waals surface area contributed by atoms with E-state index in [0.717, 1.165) is 6.54 Å². The molecule has 0 amide bonds. The van der Waals surface area contributed by atoms with Crippen LogP contribution in [-0.2, 0) is 0 Å². The van der Waals surface area contributed by atoms with E-state index in [1.54, 1.807) is 0 Å². The van der Waals surface area contributed by atoms with Gasteiger partial charge >= 0.3 is 0 Å². The second-order valence-corrected chi connectivity index (χ2v) is 5.47. The van der Waals surface area contributed by atoms with E-state index in [1.807, 2.05) is 6.20 Å². The van der Waals surface area contributed by atoms with Crippen molar-refractivity contribution in [3.63, 3.8) is 0 Å². The van der Waals surface area contributed by atoms with Crippen molar-refractivity contribution in [2.75, 3.05) is 13.1 Å². The predicted molar refractivity (Wildman–Crippen MR) is 61.9 cm³/mol. The zero-order valence-electron chi connectivity index (χ0n) is 9.95. The van der Waals surface area contributed by atoms with Gasteiger partial charge in [-0.3, -0.25) is 10.00 Å². The number of rotatable bonds is 1. The molecule has 0 radical (unpaired) electrons. The molecular formula is C12H21N3. The highest BCUT2D eigenvalue weighted by Crippen LogP contribution is 2.29. The maximum atomic E-state index is 4.04. The van der Waals surface area contributed by atoms with Crippen LogP contribution in [0.4, 0.5) is 0 Å². The molecule has 1 aromatic rings. The standard InChI is InChI=1S/C12H21N3/c1-12(2,3)15-8-4-5-10(9-15)11-6-7-13-14-11/h6-7,10H,4-5,8-9H2,1-3H3,(H,13,14). The fourth-order valence-corrected chi connectivity index (χ4v) is 2.33. The Bertz CT molecular complexity index is 297. The van der Waals surface area contributed by atoms with Gasteiger partial charge in [-0.1, -0.05) is 0 Å². The average molecular weight is 207 g/mol. The lowest BCUT2D eigenvalue weighted by atomic mass is 9.91. The van der Waals surface area contributed by atoms with Gasteiger partial charge < -0.3 is 0 Å². The molecule has 1 N–H and O–H groups in total. The molecule has 84 valence electrons. The summed E-state index contributed by atoms with van der Waals surface area (Å²) in [5, 5.41) is 7.14. The van der Waals surface area contributed by atoms with Crippen molar-refractivity contribution in [1.82, 2.24) is 15.1 Å². The number of aromatic nitrogens is 2. The topological polar surface area (TPSA) is 31.9 Å². The Hall–Kier alpha value is -0.830. The molecule has 1 saturated heterocycles. The minimum Gasteiger partial charge on any atom is -0.298 e. The highest BCUT2D eigenvalue weighted by molar-refractivity contribution is 5.08. The summed E-state index contributed by atoms with van der Waals surface area (Å²) in [4.78, 5) is 2.57. The Labute approximate surface area is 91.9 Å². The Morgan fingerprint density at radius 3 is 2.87 bits per heavy atom. The van der Waals surface area contributed by atoms with Gasteiger partial charge in [-0.2, -0.15) is 5.10 Å². The zero-order chi connectivity index (χ0) is 10.9. The quantitative estimate of drug-likeness (QED) is 0.766. The molecule has 0 saturated carbocycles. The van der Waals surface area contributed by atoms with Crippen molar-refractivity contribution in [2.24, 2.45) is 0 Å². The number of aromatic amines is 1. The van der Waals surface area contributed by atoms with Crippen molar-refractivity contribution in [1.29, 1.82) is 0 Å².